The maximum absolute atomic E-state index is 12.5. The van der Waals surface area contributed by atoms with Crippen LogP contribution in [0.3, 0.4) is 0 Å². The van der Waals surface area contributed by atoms with E-state index in [1.165, 1.54) is 36.0 Å². The predicted molar refractivity (Wildman–Crippen MR) is 86.8 cm³/mol. The van der Waals surface area contributed by atoms with Crippen molar-refractivity contribution < 1.29 is 16.8 Å². The predicted octanol–water partition coefficient (Wildman–Crippen LogP) is 2.42. The van der Waals surface area contributed by atoms with E-state index in [9.17, 15) is 16.8 Å². The summed E-state index contributed by atoms with van der Waals surface area (Å²) in [4.78, 5) is 0.765. The van der Waals surface area contributed by atoms with E-state index in [1.54, 1.807) is 30.3 Å². The molecule has 0 spiro atoms. The smallest absolute Gasteiger partial charge is 0.206 e. The van der Waals surface area contributed by atoms with Gasteiger partial charge in [-0.3, -0.25) is 0 Å². The molecule has 8 heteroatoms. The zero-order chi connectivity index (χ0) is 16.4. The molecule has 0 aromatic heterocycles. The molecular weight excluding hydrogens is 342 g/mol. The van der Waals surface area contributed by atoms with Gasteiger partial charge in [0.2, 0.25) is 0 Å². The topological polar surface area (TPSA) is 71.5 Å². The molecule has 0 unspecified atom stereocenters. The lowest BCUT2D eigenvalue weighted by Gasteiger charge is -2.17. The molecule has 0 amide bonds. The van der Waals surface area contributed by atoms with Gasteiger partial charge in [0.25, 0.3) is 20.0 Å². The minimum absolute atomic E-state index is 0.0627. The zero-order valence-electron chi connectivity index (χ0n) is 12.0. The van der Waals surface area contributed by atoms with Crippen LogP contribution in [0.15, 0.2) is 69.3 Å². The minimum Gasteiger partial charge on any atom is -0.206 e. The van der Waals surface area contributed by atoms with Crippen molar-refractivity contribution in [1.29, 1.82) is 0 Å². The number of hydrogen-bond donors (Lipinski definition) is 0. The van der Waals surface area contributed by atoms with Gasteiger partial charge in [-0.15, -0.1) is 11.8 Å². The fraction of sp³-hybridized carbons (Fsp3) is 0.143. The van der Waals surface area contributed by atoms with Gasteiger partial charge < -0.3 is 0 Å². The molecule has 0 aliphatic carbocycles. The van der Waals surface area contributed by atoms with Gasteiger partial charge in [-0.2, -0.15) is 0 Å². The molecule has 118 valence electrons. The summed E-state index contributed by atoms with van der Waals surface area (Å²) in [6, 6.07) is 13.5. The average molecular weight is 357 g/mol. The van der Waals surface area contributed by atoms with Crippen molar-refractivity contribution in [3.63, 3.8) is 0 Å². The number of thioether (sulfide) groups is 1. The molecular formula is C14H15NO4S3. The Kier molecular flexibility index (Phi) is 4.96. The Balaban J connectivity index is 2.44. The highest BCUT2D eigenvalue weighted by Gasteiger charge is 2.32. The van der Waals surface area contributed by atoms with Crippen LogP contribution in [0.1, 0.15) is 0 Å². The molecule has 0 atom stereocenters. The van der Waals surface area contributed by atoms with Crippen LogP contribution in [0.5, 0.6) is 0 Å². The van der Waals surface area contributed by atoms with Crippen LogP contribution in [0.2, 0.25) is 0 Å². The van der Waals surface area contributed by atoms with Gasteiger partial charge in [-0.25, -0.2) is 16.8 Å². The summed E-state index contributed by atoms with van der Waals surface area (Å²) in [5, 5.41) is 0. The highest BCUT2D eigenvalue weighted by Crippen LogP contribution is 2.24. The lowest BCUT2D eigenvalue weighted by Crippen LogP contribution is -2.33. The van der Waals surface area contributed by atoms with E-state index in [0.717, 1.165) is 11.9 Å². The molecule has 0 saturated heterocycles. The summed E-state index contributed by atoms with van der Waals surface area (Å²) in [5.74, 6) is 0. The molecule has 2 aromatic rings. The fourth-order valence-corrected chi connectivity index (χ4v) is 5.30. The fourth-order valence-electron chi connectivity index (χ4n) is 1.77. The Hall–Kier alpha value is -1.35. The van der Waals surface area contributed by atoms with E-state index in [2.05, 4.69) is 0 Å². The molecule has 0 radical (unpaired) electrons. The van der Waals surface area contributed by atoms with Crippen LogP contribution in [-0.2, 0) is 20.0 Å². The Morgan fingerprint density at radius 2 is 1.23 bits per heavy atom. The maximum Gasteiger partial charge on any atom is 0.256 e. The Labute approximate surface area is 135 Å². The molecule has 0 fully saturated rings. The standard InChI is InChI=1S/C14H15NO4S3/c1-15(21(16,17)13-6-4-3-5-7-13)22(18,19)14-10-8-12(20-2)9-11-14/h3-11H,1-2H3. The van der Waals surface area contributed by atoms with E-state index in [1.807, 2.05) is 6.26 Å². The lowest BCUT2D eigenvalue weighted by atomic mass is 10.4. The second-order valence-electron chi connectivity index (χ2n) is 4.38. The Morgan fingerprint density at radius 3 is 1.68 bits per heavy atom. The number of hydrogen-bond acceptors (Lipinski definition) is 5. The number of rotatable bonds is 5. The van der Waals surface area contributed by atoms with Gasteiger partial charge in [0.05, 0.1) is 9.79 Å². The van der Waals surface area contributed by atoms with Gasteiger partial charge in [-0.1, -0.05) is 21.9 Å². The zero-order valence-corrected chi connectivity index (χ0v) is 14.5. The second-order valence-corrected chi connectivity index (χ2v) is 9.43. The Morgan fingerprint density at radius 1 is 0.773 bits per heavy atom. The molecule has 0 saturated carbocycles. The van der Waals surface area contributed by atoms with E-state index >= 15 is 0 Å². The molecule has 2 rings (SSSR count). The maximum atomic E-state index is 12.5. The molecule has 0 aliphatic rings. The van der Waals surface area contributed by atoms with Crippen LogP contribution in [0.25, 0.3) is 0 Å². The van der Waals surface area contributed by atoms with Gasteiger partial charge in [0.15, 0.2) is 0 Å². The first kappa shape index (κ1) is 17.0. The summed E-state index contributed by atoms with van der Waals surface area (Å²) in [5.41, 5.74) is 0. The van der Waals surface area contributed by atoms with E-state index < -0.39 is 20.0 Å². The monoisotopic (exact) mass is 357 g/mol. The SMILES string of the molecule is CSc1ccc(S(=O)(=O)N(C)S(=O)(=O)c2ccccc2)cc1. The van der Waals surface area contributed by atoms with E-state index in [-0.39, 0.29) is 9.79 Å². The van der Waals surface area contributed by atoms with Crippen molar-refractivity contribution >= 4 is 31.8 Å². The van der Waals surface area contributed by atoms with Crippen molar-refractivity contribution in [3.05, 3.63) is 54.6 Å². The van der Waals surface area contributed by atoms with E-state index in [4.69, 9.17) is 0 Å². The lowest BCUT2D eigenvalue weighted by molar-refractivity contribution is 0.525. The summed E-state index contributed by atoms with van der Waals surface area (Å²) in [6.07, 6.45) is 1.87. The first-order chi connectivity index (χ1) is 10.3. The number of nitrogens with zero attached hydrogens (tertiary/aromatic N) is 1. The average Bonchev–Trinajstić information content (AvgIpc) is 2.55. The summed E-state index contributed by atoms with van der Waals surface area (Å²) >= 11 is 1.47. The van der Waals surface area contributed by atoms with Crippen molar-refractivity contribution in [1.82, 2.24) is 3.71 Å². The molecule has 0 N–H and O–H groups in total. The molecule has 5 nitrogen and oxygen atoms in total. The molecule has 0 aliphatic heterocycles. The van der Waals surface area contributed by atoms with Gasteiger partial charge in [0.1, 0.15) is 0 Å². The molecule has 0 heterocycles. The minimum atomic E-state index is -4.13. The van der Waals surface area contributed by atoms with Crippen molar-refractivity contribution in [2.75, 3.05) is 13.3 Å². The van der Waals surface area contributed by atoms with E-state index in [0.29, 0.717) is 3.71 Å². The molecule has 22 heavy (non-hydrogen) atoms. The largest absolute Gasteiger partial charge is 0.256 e. The van der Waals surface area contributed by atoms with Crippen LogP contribution < -0.4 is 0 Å². The third-order valence-electron chi connectivity index (χ3n) is 3.08. The van der Waals surface area contributed by atoms with Crippen molar-refractivity contribution in [3.8, 4) is 0 Å². The first-order valence-corrected chi connectivity index (χ1v) is 10.3. The number of benzene rings is 2. The quantitative estimate of drug-likeness (QED) is 0.769. The molecule has 2 aromatic carbocycles. The third kappa shape index (κ3) is 3.19. The van der Waals surface area contributed by atoms with Crippen LogP contribution >= 0.6 is 11.8 Å². The number of sulfonamides is 2. The summed E-state index contributed by atoms with van der Waals surface area (Å²) in [6.45, 7) is 0. The van der Waals surface area contributed by atoms with Crippen LogP contribution in [-0.4, -0.2) is 33.8 Å². The highest BCUT2D eigenvalue weighted by molar-refractivity contribution is 8.04. The Bertz CT molecular complexity index is 845. The van der Waals surface area contributed by atoms with Crippen molar-refractivity contribution in [2.45, 2.75) is 14.7 Å². The highest BCUT2D eigenvalue weighted by atomic mass is 32.3. The van der Waals surface area contributed by atoms with Crippen LogP contribution in [0, 0.1) is 0 Å². The second kappa shape index (κ2) is 6.41. The van der Waals surface area contributed by atoms with Crippen LogP contribution in [0.4, 0.5) is 0 Å². The van der Waals surface area contributed by atoms with Gasteiger partial charge in [-0.05, 0) is 42.7 Å². The van der Waals surface area contributed by atoms with Gasteiger partial charge >= 0.3 is 0 Å². The van der Waals surface area contributed by atoms with Crippen molar-refractivity contribution in [2.24, 2.45) is 0 Å². The van der Waals surface area contributed by atoms with Gasteiger partial charge in [0, 0.05) is 11.9 Å². The first-order valence-electron chi connectivity index (χ1n) is 6.23. The summed E-state index contributed by atoms with van der Waals surface area (Å²) in [7, 11) is -7.21. The molecule has 0 bridgehead atoms. The normalized spacial score (nSPS) is 12.5. The summed E-state index contributed by atoms with van der Waals surface area (Å²) < 4.78 is 50.2. The third-order valence-corrected chi connectivity index (χ3v) is 8.09.